The van der Waals surface area contributed by atoms with Gasteiger partial charge >= 0.3 is 0 Å². The molecule has 116 valence electrons. The molecule has 1 aromatic carbocycles. The summed E-state index contributed by atoms with van der Waals surface area (Å²) in [5.74, 6) is 0.691. The summed E-state index contributed by atoms with van der Waals surface area (Å²) in [4.78, 5) is 15.8. The van der Waals surface area contributed by atoms with E-state index in [1.807, 2.05) is 35.1 Å². The molecule has 0 amide bonds. The van der Waals surface area contributed by atoms with Crippen LogP contribution in [0.5, 0.6) is 0 Å². The van der Waals surface area contributed by atoms with Crippen LogP contribution in [0, 0.1) is 5.92 Å². The average Bonchev–Trinajstić information content (AvgIpc) is 2.98. The van der Waals surface area contributed by atoms with Crippen LogP contribution in [0.25, 0.3) is 11.1 Å². The van der Waals surface area contributed by atoms with Crippen molar-refractivity contribution >= 4 is 21.7 Å². The van der Waals surface area contributed by atoms with E-state index < -0.39 is 0 Å². The SMILES string of the molecule is O=c1[nH]n(C2CN3CCC2CC3)cc1-c1ccc(SCl)cc1. The van der Waals surface area contributed by atoms with Crippen LogP contribution in [0.2, 0.25) is 0 Å². The molecular formula is C16H18ClN3OS. The summed E-state index contributed by atoms with van der Waals surface area (Å²) >= 11 is 0. The van der Waals surface area contributed by atoms with Crippen LogP contribution in [0.1, 0.15) is 18.9 Å². The van der Waals surface area contributed by atoms with Crippen LogP contribution < -0.4 is 5.56 Å². The number of nitrogens with zero attached hydrogens (tertiary/aromatic N) is 2. The van der Waals surface area contributed by atoms with Crippen LogP contribution in [0.3, 0.4) is 0 Å². The van der Waals surface area contributed by atoms with Gasteiger partial charge in [0.15, 0.2) is 0 Å². The zero-order valence-electron chi connectivity index (χ0n) is 12.2. The molecule has 5 rings (SSSR count). The molecule has 1 unspecified atom stereocenters. The van der Waals surface area contributed by atoms with Gasteiger partial charge in [-0.1, -0.05) is 12.1 Å². The lowest BCUT2D eigenvalue weighted by Gasteiger charge is -2.44. The molecule has 1 aromatic heterocycles. The Morgan fingerprint density at radius 2 is 1.91 bits per heavy atom. The maximum atomic E-state index is 12.3. The lowest BCUT2D eigenvalue weighted by Crippen LogP contribution is -2.48. The monoisotopic (exact) mass is 335 g/mol. The van der Waals surface area contributed by atoms with E-state index in [9.17, 15) is 4.79 Å². The molecule has 0 spiro atoms. The van der Waals surface area contributed by atoms with E-state index in [0.29, 0.717) is 12.0 Å². The number of H-pyrrole nitrogens is 1. The number of fused-ring (bicyclic) bond motifs is 3. The molecule has 3 aliphatic rings. The Morgan fingerprint density at radius 1 is 1.18 bits per heavy atom. The van der Waals surface area contributed by atoms with E-state index >= 15 is 0 Å². The number of hydrogen-bond donors (Lipinski definition) is 1. The molecule has 4 heterocycles. The highest BCUT2D eigenvalue weighted by atomic mass is 35.7. The molecule has 2 aromatic rings. The molecule has 22 heavy (non-hydrogen) atoms. The van der Waals surface area contributed by atoms with Crippen molar-refractivity contribution in [3.63, 3.8) is 0 Å². The van der Waals surface area contributed by atoms with Crippen molar-refractivity contribution in [2.45, 2.75) is 23.8 Å². The Kier molecular flexibility index (Phi) is 3.80. The molecule has 3 fully saturated rings. The van der Waals surface area contributed by atoms with Gasteiger partial charge < -0.3 is 4.90 Å². The first-order valence-electron chi connectivity index (χ1n) is 7.67. The van der Waals surface area contributed by atoms with Gasteiger partial charge in [-0.15, -0.1) is 0 Å². The summed E-state index contributed by atoms with van der Waals surface area (Å²) < 4.78 is 2.04. The Morgan fingerprint density at radius 3 is 2.50 bits per heavy atom. The average molecular weight is 336 g/mol. The molecule has 3 aliphatic heterocycles. The minimum absolute atomic E-state index is 0.0114. The fraction of sp³-hybridized carbons (Fsp3) is 0.438. The summed E-state index contributed by atoms with van der Waals surface area (Å²) in [5, 5.41) is 3.03. The van der Waals surface area contributed by atoms with Gasteiger partial charge in [0.2, 0.25) is 0 Å². The second-order valence-electron chi connectivity index (χ2n) is 6.20. The molecule has 6 heteroatoms. The predicted molar refractivity (Wildman–Crippen MR) is 90.4 cm³/mol. The van der Waals surface area contributed by atoms with Gasteiger partial charge in [-0.05, 0) is 71.2 Å². The van der Waals surface area contributed by atoms with Gasteiger partial charge in [0.25, 0.3) is 5.56 Å². The molecule has 4 nitrogen and oxygen atoms in total. The number of benzene rings is 1. The van der Waals surface area contributed by atoms with E-state index in [0.717, 1.165) is 22.6 Å². The van der Waals surface area contributed by atoms with E-state index in [4.69, 9.17) is 10.7 Å². The van der Waals surface area contributed by atoms with Crippen molar-refractivity contribution in [2.75, 3.05) is 19.6 Å². The molecule has 1 N–H and O–H groups in total. The summed E-state index contributed by atoms with van der Waals surface area (Å²) in [6.45, 7) is 3.46. The maximum absolute atomic E-state index is 12.3. The summed E-state index contributed by atoms with van der Waals surface area (Å²) in [6.07, 6.45) is 4.46. The number of aromatic nitrogens is 2. The van der Waals surface area contributed by atoms with Crippen LogP contribution in [0.15, 0.2) is 40.2 Å². The fourth-order valence-corrected chi connectivity index (χ4v) is 4.27. The molecular weight excluding hydrogens is 318 g/mol. The third-order valence-corrected chi connectivity index (χ3v) is 5.96. The molecule has 0 saturated carbocycles. The summed E-state index contributed by atoms with van der Waals surface area (Å²) in [5.41, 5.74) is 1.67. The minimum atomic E-state index is -0.0114. The highest BCUT2D eigenvalue weighted by Crippen LogP contribution is 2.35. The lowest BCUT2D eigenvalue weighted by molar-refractivity contribution is 0.0511. The van der Waals surface area contributed by atoms with Gasteiger partial charge in [0.05, 0.1) is 11.6 Å². The highest BCUT2D eigenvalue weighted by Gasteiger charge is 2.35. The number of piperidine rings is 3. The van der Waals surface area contributed by atoms with E-state index in [2.05, 4.69) is 10.00 Å². The van der Waals surface area contributed by atoms with Crippen molar-refractivity contribution in [2.24, 2.45) is 5.92 Å². The molecule has 1 atom stereocenters. The van der Waals surface area contributed by atoms with Gasteiger partial charge in [0, 0.05) is 17.6 Å². The first-order chi connectivity index (χ1) is 10.7. The van der Waals surface area contributed by atoms with E-state index in [1.54, 1.807) is 0 Å². The Hall–Kier alpha value is -1.17. The van der Waals surface area contributed by atoms with Gasteiger partial charge in [-0.25, -0.2) is 0 Å². The zero-order valence-corrected chi connectivity index (χ0v) is 13.7. The van der Waals surface area contributed by atoms with Crippen LogP contribution in [-0.4, -0.2) is 34.3 Å². The first-order valence-corrected chi connectivity index (χ1v) is 9.31. The zero-order chi connectivity index (χ0) is 15.1. The molecule has 3 saturated heterocycles. The van der Waals surface area contributed by atoms with Crippen LogP contribution in [0.4, 0.5) is 0 Å². The third-order valence-electron chi connectivity index (χ3n) is 4.98. The van der Waals surface area contributed by atoms with Crippen molar-refractivity contribution in [3.8, 4) is 11.1 Å². The standard InChI is InChI=1S/C16H18ClN3OS/c17-22-13-3-1-11(2-4-13)14-9-20(18-16(14)21)15-10-19-7-5-12(15)6-8-19/h1-4,9,12,15H,5-8,10H2,(H,18,21). The number of halogens is 1. The quantitative estimate of drug-likeness (QED) is 0.935. The van der Waals surface area contributed by atoms with E-state index in [-0.39, 0.29) is 5.56 Å². The Bertz CT molecular complexity index is 716. The normalized spacial score (nSPS) is 27.2. The number of aromatic amines is 1. The Balaban J connectivity index is 1.65. The number of rotatable bonds is 3. The first kappa shape index (κ1) is 14.4. The van der Waals surface area contributed by atoms with Crippen molar-refractivity contribution in [1.29, 1.82) is 0 Å². The van der Waals surface area contributed by atoms with E-state index in [1.165, 1.54) is 36.9 Å². The van der Waals surface area contributed by atoms with Crippen LogP contribution >= 0.6 is 21.7 Å². The molecule has 0 aliphatic carbocycles. The minimum Gasteiger partial charge on any atom is -0.301 e. The molecule has 2 bridgehead atoms. The lowest BCUT2D eigenvalue weighted by atomic mass is 9.84. The highest BCUT2D eigenvalue weighted by molar-refractivity contribution is 8.21. The van der Waals surface area contributed by atoms with Gasteiger partial charge in [-0.2, -0.15) is 0 Å². The second kappa shape index (κ2) is 5.80. The third kappa shape index (κ3) is 2.51. The largest absolute Gasteiger partial charge is 0.301 e. The molecule has 0 radical (unpaired) electrons. The summed E-state index contributed by atoms with van der Waals surface area (Å²) in [6, 6.07) is 8.20. The second-order valence-corrected chi connectivity index (χ2v) is 7.29. The van der Waals surface area contributed by atoms with Gasteiger partial charge in [0.1, 0.15) is 0 Å². The maximum Gasteiger partial charge on any atom is 0.271 e. The van der Waals surface area contributed by atoms with Gasteiger partial charge in [-0.3, -0.25) is 14.6 Å². The smallest absolute Gasteiger partial charge is 0.271 e. The van der Waals surface area contributed by atoms with Crippen LogP contribution in [-0.2, 0) is 0 Å². The summed E-state index contributed by atoms with van der Waals surface area (Å²) in [7, 11) is 6.93. The van der Waals surface area contributed by atoms with Crippen molar-refractivity contribution < 1.29 is 0 Å². The topological polar surface area (TPSA) is 41.0 Å². The number of nitrogens with one attached hydrogen (secondary N) is 1. The van der Waals surface area contributed by atoms with Crippen molar-refractivity contribution in [3.05, 3.63) is 40.8 Å². The fourth-order valence-electron chi connectivity index (χ4n) is 3.73. The number of hydrogen-bond acceptors (Lipinski definition) is 3. The predicted octanol–water partition coefficient (Wildman–Crippen LogP) is 3.36. The Labute approximate surface area is 137 Å². The van der Waals surface area contributed by atoms with Crippen molar-refractivity contribution in [1.82, 2.24) is 14.7 Å².